The molecule has 1 atom stereocenters. The Balaban J connectivity index is 1.25. The number of anilines is 2. The van der Waals surface area contributed by atoms with Crippen molar-refractivity contribution in [1.82, 2.24) is 35.2 Å². The highest BCUT2D eigenvalue weighted by Gasteiger charge is 2.29. The minimum atomic E-state index is -0.291. The second-order valence-corrected chi connectivity index (χ2v) is 12.3. The van der Waals surface area contributed by atoms with Gasteiger partial charge in [0.05, 0.1) is 50.0 Å². The molecular formula is C32H47ClN10O4. The number of halogens is 1. The molecule has 1 saturated carbocycles. The van der Waals surface area contributed by atoms with Crippen LogP contribution in [-0.4, -0.2) is 101 Å². The number of methoxy groups -OCH3 is 1. The van der Waals surface area contributed by atoms with Gasteiger partial charge in [-0.2, -0.15) is 5.53 Å². The summed E-state index contributed by atoms with van der Waals surface area (Å²) in [6.07, 6.45) is 12.5. The number of hydrogen-bond donors (Lipinski definition) is 4. The maximum atomic E-state index is 7.40. The Morgan fingerprint density at radius 2 is 1.83 bits per heavy atom. The molecule has 15 heteroatoms. The van der Waals surface area contributed by atoms with E-state index >= 15 is 0 Å². The van der Waals surface area contributed by atoms with E-state index in [1.807, 2.05) is 25.3 Å². The monoisotopic (exact) mass is 670 g/mol. The number of ether oxygens (including phenoxy) is 4. The van der Waals surface area contributed by atoms with Crippen LogP contribution in [0.15, 0.2) is 36.8 Å². The number of nitrogens with zero attached hydrogens (tertiary/aromatic N) is 6. The Bertz CT molecular complexity index is 1400. The first-order valence-electron chi connectivity index (χ1n) is 16.3. The van der Waals surface area contributed by atoms with Crippen molar-refractivity contribution in [3.05, 3.63) is 41.8 Å². The van der Waals surface area contributed by atoms with Gasteiger partial charge in [-0.15, -0.1) is 5.10 Å². The van der Waals surface area contributed by atoms with Crippen molar-refractivity contribution in [2.24, 2.45) is 5.84 Å². The number of hydrogen-bond acceptors (Lipinski definition) is 12. The molecule has 2 aliphatic rings. The maximum Gasteiger partial charge on any atom is 0.256 e. The quantitative estimate of drug-likeness (QED) is 0.0527. The molecule has 1 aliphatic heterocycles. The van der Waals surface area contributed by atoms with E-state index in [9.17, 15) is 0 Å². The molecule has 47 heavy (non-hydrogen) atoms. The van der Waals surface area contributed by atoms with Crippen LogP contribution in [0.25, 0.3) is 11.1 Å². The fourth-order valence-corrected chi connectivity index (χ4v) is 6.17. The summed E-state index contributed by atoms with van der Waals surface area (Å²) in [5, 5.41) is 17.5. The van der Waals surface area contributed by atoms with Crippen molar-refractivity contribution >= 4 is 29.6 Å². The van der Waals surface area contributed by atoms with E-state index in [-0.39, 0.29) is 6.10 Å². The average molecular weight is 671 g/mol. The Morgan fingerprint density at radius 3 is 2.53 bits per heavy atom. The molecule has 1 aromatic carbocycles. The summed E-state index contributed by atoms with van der Waals surface area (Å²) in [6, 6.07) is 6.45. The highest BCUT2D eigenvalue weighted by Crippen LogP contribution is 2.35. The van der Waals surface area contributed by atoms with E-state index in [0.717, 1.165) is 88.0 Å². The molecule has 1 aliphatic carbocycles. The van der Waals surface area contributed by atoms with Gasteiger partial charge in [0.15, 0.2) is 0 Å². The number of morpholine rings is 1. The zero-order chi connectivity index (χ0) is 33.0. The van der Waals surface area contributed by atoms with Gasteiger partial charge in [0.1, 0.15) is 17.5 Å². The molecule has 0 unspecified atom stereocenters. The standard InChI is InChI=1S/C32H47ClN10O4/c1-23(20-42(22-34)40-35)47-30-17-24(5-10-28(30)33)25-18-36-32(37-19-25)38-29-21-43(39-31(29)46-14-4-3-13-44-2)27-8-6-26(7-9-27)41-11-15-45-16-12-41/h5,10,17-19,21-23,26-27,34,40H,3-4,6-9,11-16,20,35H2,1-2H3,(H,36,37,38)/t23-,26-,27-/m0/s1. The van der Waals surface area contributed by atoms with Crippen molar-refractivity contribution in [2.45, 2.75) is 63.6 Å². The van der Waals surface area contributed by atoms with E-state index in [0.29, 0.717) is 54.4 Å². The van der Waals surface area contributed by atoms with Gasteiger partial charge in [-0.3, -0.25) is 25.8 Å². The summed E-state index contributed by atoms with van der Waals surface area (Å²) in [5.74, 6) is 6.93. The predicted molar refractivity (Wildman–Crippen MR) is 181 cm³/mol. The van der Waals surface area contributed by atoms with Crippen LogP contribution in [-0.2, 0) is 9.47 Å². The molecule has 0 amide bonds. The lowest BCUT2D eigenvalue weighted by Crippen LogP contribution is -2.46. The van der Waals surface area contributed by atoms with Crippen LogP contribution in [0.3, 0.4) is 0 Å². The number of nitrogens with two attached hydrogens (primary N) is 1. The number of hydrazine groups is 2. The van der Waals surface area contributed by atoms with Crippen LogP contribution in [0.1, 0.15) is 51.5 Å². The molecule has 2 aromatic heterocycles. The molecule has 0 spiro atoms. The van der Waals surface area contributed by atoms with Crippen LogP contribution in [0.5, 0.6) is 11.6 Å². The smallest absolute Gasteiger partial charge is 0.256 e. The molecule has 14 nitrogen and oxygen atoms in total. The second kappa shape index (κ2) is 17.6. The molecule has 2 fully saturated rings. The number of benzene rings is 1. The van der Waals surface area contributed by atoms with Crippen LogP contribution in [0.2, 0.25) is 5.02 Å². The molecule has 1 saturated heterocycles. The van der Waals surface area contributed by atoms with Gasteiger partial charge in [0.2, 0.25) is 5.95 Å². The lowest BCUT2D eigenvalue weighted by molar-refractivity contribution is 0.00503. The van der Waals surface area contributed by atoms with Gasteiger partial charge in [0, 0.05) is 50.8 Å². The van der Waals surface area contributed by atoms with Gasteiger partial charge >= 0.3 is 0 Å². The van der Waals surface area contributed by atoms with Crippen LogP contribution in [0.4, 0.5) is 11.6 Å². The summed E-state index contributed by atoms with van der Waals surface area (Å²) < 4.78 is 25.0. The molecule has 256 valence electrons. The first-order valence-corrected chi connectivity index (χ1v) is 16.7. The van der Waals surface area contributed by atoms with Crippen LogP contribution in [0, 0.1) is 5.41 Å². The molecule has 5 rings (SSSR count). The molecular weight excluding hydrogens is 624 g/mol. The summed E-state index contributed by atoms with van der Waals surface area (Å²) in [4.78, 5) is 11.8. The van der Waals surface area contributed by atoms with E-state index < -0.39 is 0 Å². The molecule has 3 heterocycles. The van der Waals surface area contributed by atoms with E-state index in [1.54, 1.807) is 25.6 Å². The lowest BCUT2D eigenvalue weighted by Gasteiger charge is -2.38. The highest BCUT2D eigenvalue weighted by atomic mass is 35.5. The Morgan fingerprint density at radius 1 is 1.11 bits per heavy atom. The number of rotatable bonds is 17. The second-order valence-electron chi connectivity index (χ2n) is 11.9. The SMILES string of the molecule is COCCCCOc1nn([C@H]2CC[C@H](N3CCOCC3)CC2)cc1Nc1ncc(-c2ccc(Cl)c(O[C@@H](C)CN(C=N)NN)c2)cn1. The number of unbranched alkanes of at least 4 members (excludes halogenated alkanes) is 1. The summed E-state index contributed by atoms with van der Waals surface area (Å²) in [7, 11) is 1.71. The minimum absolute atomic E-state index is 0.291. The molecule has 0 radical (unpaired) electrons. The van der Waals surface area contributed by atoms with Crippen molar-refractivity contribution in [3.63, 3.8) is 0 Å². The van der Waals surface area contributed by atoms with Gasteiger partial charge in [0.25, 0.3) is 5.88 Å². The van der Waals surface area contributed by atoms with Gasteiger partial charge < -0.3 is 24.3 Å². The van der Waals surface area contributed by atoms with Crippen LogP contribution >= 0.6 is 11.6 Å². The Hall–Kier alpha value is -3.53. The number of aromatic nitrogens is 4. The van der Waals surface area contributed by atoms with Crippen molar-refractivity contribution in [2.75, 3.05) is 58.5 Å². The van der Waals surface area contributed by atoms with Crippen molar-refractivity contribution in [1.29, 1.82) is 5.41 Å². The molecule has 5 N–H and O–H groups in total. The number of nitrogens with one attached hydrogen (secondary N) is 3. The van der Waals surface area contributed by atoms with Gasteiger partial charge in [-0.25, -0.2) is 9.97 Å². The first kappa shape index (κ1) is 34.8. The average Bonchev–Trinajstić information content (AvgIpc) is 3.51. The van der Waals surface area contributed by atoms with E-state index in [4.69, 9.17) is 46.9 Å². The van der Waals surface area contributed by atoms with Gasteiger partial charge in [-0.05, 0) is 63.1 Å². The lowest BCUT2D eigenvalue weighted by atomic mass is 9.90. The Kier molecular flexibility index (Phi) is 13.0. The van der Waals surface area contributed by atoms with Gasteiger partial charge in [-0.1, -0.05) is 17.7 Å². The predicted octanol–water partition coefficient (Wildman–Crippen LogP) is 4.41. The molecule has 3 aromatic rings. The third kappa shape index (κ3) is 9.75. The highest BCUT2D eigenvalue weighted by molar-refractivity contribution is 6.32. The largest absolute Gasteiger partial charge is 0.487 e. The summed E-state index contributed by atoms with van der Waals surface area (Å²) in [6.45, 7) is 7.18. The van der Waals surface area contributed by atoms with Crippen LogP contribution < -0.4 is 26.2 Å². The van der Waals surface area contributed by atoms with Crippen molar-refractivity contribution in [3.8, 4) is 22.8 Å². The maximum absolute atomic E-state index is 7.40. The topological polar surface area (TPSA) is 161 Å². The third-order valence-electron chi connectivity index (χ3n) is 8.55. The zero-order valence-corrected chi connectivity index (χ0v) is 28.0. The zero-order valence-electron chi connectivity index (χ0n) is 27.2. The van der Waals surface area contributed by atoms with E-state index in [2.05, 4.69) is 30.4 Å². The normalized spacial score (nSPS) is 19.2. The third-order valence-corrected chi connectivity index (χ3v) is 8.86. The fraction of sp³-hybridized carbons (Fsp3) is 0.562. The molecule has 0 bridgehead atoms. The summed E-state index contributed by atoms with van der Waals surface area (Å²) in [5.41, 5.74) is 4.82. The first-order chi connectivity index (χ1) is 23.0. The Labute approximate surface area is 281 Å². The minimum Gasteiger partial charge on any atom is -0.487 e. The fourth-order valence-electron chi connectivity index (χ4n) is 6.01. The summed E-state index contributed by atoms with van der Waals surface area (Å²) >= 11 is 6.43. The van der Waals surface area contributed by atoms with Crippen molar-refractivity contribution < 1.29 is 18.9 Å². The van der Waals surface area contributed by atoms with E-state index in [1.165, 1.54) is 5.01 Å².